The van der Waals surface area contributed by atoms with Gasteiger partial charge in [-0.25, -0.2) is 0 Å². The average Bonchev–Trinajstić information content (AvgIpc) is 3.25. The third kappa shape index (κ3) is 3.60. The highest BCUT2D eigenvalue weighted by atomic mass is 16.4. The van der Waals surface area contributed by atoms with E-state index in [-0.39, 0.29) is 12.5 Å². The van der Waals surface area contributed by atoms with E-state index in [0.29, 0.717) is 18.3 Å². The van der Waals surface area contributed by atoms with Crippen molar-refractivity contribution in [2.45, 2.75) is 26.9 Å². The average molecular weight is 360 g/mol. The molecule has 0 saturated heterocycles. The molecule has 1 amide bonds. The normalized spacial score (nSPS) is 11.0. The van der Waals surface area contributed by atoms with Crippen LogP contribution in [0, 0.1) is 13.8 Å². The third-order valence-electron chi connectivity index (χ3n) is 4.47. The molecule has 136 valence electrons. The Labute approximate surface area is 156 Å². The summed E-state index contributed by atoms with van der Waals surface area (Å²) in [5.74, 6) is 0.921. The third-order valence-corrected chi connectivity index (χ3v) is 4.47. The zero-order valence-corrected chi connectivity index (χ0v) is 15.3. The molecule has 27 heavy (non-hydrogen) atoms. The zero-order chi connectivity index (χ0) is 18.8. The highest BCUT2D eigenvalue weighted by molar-refractivity contribution is 5.94. The number of aromatic nitrogens is 3. The Morgan fingerprint density at radius 1 is 1.07 bits per heavy atom. The fourth-order valence-corrected chi connectivity index (χ4v) is 3.07. The predicted octanol–water partition coefficient (Wildman–Crippen LogP) is 3.62. The fraction of sp³-hybridized carbons (Fsp3) is 0.190. The van der Waals surface area contributed by atoms with Crippen molar-refractivity contribution in [1.82, 2.24) is 20.1 Å². The number of carbonyl (C=O) groups is 1. The number of rotatable bonds is 5. The molecule has 0 aliphatic carbocycles. The van der Waals surface area contributed by atoms with E-state index in [9.17, 15) is 4.79 Å². The van der Waals surface area contributed by atoms with Gasteiger partial charge in [0.05, 0.1) is 5.56 Å². The number of hydrogen-bond donors (Lipinski definition) is 1. The molecule has 0 aliphatic heterocycles. The lowest BCUT2D eigenvalue weighted by molar-refractivity contribution is -0.121. The first kappa shape index (κ1) is 17.0. The molecule has 0 fully saturated rings. The summed E-state index contributed by atoms with van der Waals surface area (Å²) < 4.78 is 7.49. The van der Waals surface area contributed by atoms with Crippen LogP contribution in [-0.2, 0) is 17.9 Å². The van der Waals surface area contributed by atoms with E-state index in [2.05, 4.69) is 15.5 Å². The number of nitrogens with one attached hydrogen (secondary N) is 1. The molecule has 2 aromatic heterocycles. The van der Waals surface area contributed by atoms with Gasteiger partial charge in [-0.05, 0) is 18.6 Å². The van der Waals surface area contributed by atoms with E-state index in [0.717, 1.165) is 22.0 Å². The van der Waals surface area contributed by atoms with Crippen molar-refractivity contribution in [2.24, 2.45) is 0 Å². The molecule has 0 unspecified atom stereocenters. The molecule has 0 saturated carbocycles. The van der Waals surface area contributed by atoms with Crippen LogP contribution in [-0.4, -0.2) is 20.7 Å². The van der Waals surface area contributed by atoms with Crippen LogP contribution in [0.1, 0.15) is 17.0 Å². The van der Waals surface area contributed by atoms with Crippen molar-refractivity contribution < 1.29 is 9.21 Å². The number of aryl methyl sites for hydroxylation is 2. The van der Waals surface area contributed by atoms with Gasteiger partial charge in [-0.1, -0.05) is 48.0 Å². The van der Waals surface area contributed by atoms with Crippen LogP contribution in [0.25, 0.3) is 22.4 Å². The van der Waals surface area contributed by atoms with Gasteiger partial charge in [0, 0.05) is 30.6 Å². The zero-order valence-electron chi connectivity index (χ0n) is 15.3. The molecular weight excluding hydrogens is 340 g/mol. The maximum absolute atomic E-state index is 12.5. The minimum Gasteiger partial charge on any atom is -0.421 e. The van der Waals surface area contributed by atoms with Gasteiger partial charge >= 0.3 is 0 Å². The predicted molar refractivity (Wildman–Crippen MR) is 103 cm³/mol. The van der Waals surface area contributed by atoms with Crippen molar-refractivity contribution >= 4 is 16.8 Å². The number of carbonyl (C=O) groups excluding carboxylic acids is 1. The first-order chi connectivity index (χ1) is 13.1. The second-order valence-corrected chi connectivity index (χ2v) is 6.58. The maximum atomic E-state index is 12.5. The molecule has 0 atom stereocenters. The number of benzene rings is 2. The van der Waals surface area contributed by atoms with E-state index in [1.54, 1.807) is 6.92 Å². The first-order valence-electron chi connectivity index (χ1n) is 8.81. The summed E-state index contributed by atoms with van der Waals surface area (Å²) in [5.41, 5.74) is 4.06. The second-order valence-electron chi connectivity index (χ2n) is 6.58. The molecule has 0 aliphatic rings. The Morgan fingerprint density at radius 2 is 1.85 bits per heavy atom. The minimum atomic E-state index is -0.0513. The van der Waals surface area contributed by atoms with Crippen LogP contribution in [0.15, 0.2) is 59.1 Å². The molecule has 6 nitrogen and oxygen atoms in total. The standard InChI is InChI=1S/C21H20N4O2/c1-14-7-9-16(10-8-14)11-22-20(26)13-25-12-18(21-24-23-15(2)27-21)17-5-3-4-6-19(17)25/h3-10,12H,11,13H2,1-2H3,(H,22,26). The summed E-state index contributed by atoms with van der Waals surface area (Å²) >= 11 is 0. The topological polar surface area (TPSA) is 73.0 Å². The summed E-state index contributed by atoms with van der Waals surface area (Å²) in [6.45, 7) is 4.53. The Bertz CT molecular complexity index is 1090. The lowest BCUT2D eigenvalue weighted by atomic mass is 10.1. The van der Waals surface area contributed by atoms with Crippen LogP contribution < -0.4 is 5.32 Å². The largest absolute Gasteiger partial charge is 0.421 e. The summed E-state index contributed by atoms with van der Waals surface area (Å²) in [6, 6.07) is 16.0. The van der Waals surface area contributed by atoms with Crippen molar-refractivity contribution in [3.63, 3.8) is 0 Å². The van der Waals surface area contributed by atoms with Crippen molar-refractivity contribution in [3.8, 4) is 11.5 Å². The quantitative estimate of drug-likeness (QED) is 0.590. The van der Waals surface area contributed by atoms with Crippen LogP contribution >= 0.6 is 0 Å². The lowest BCUT2D eigenvalue weighted by Crippen LogP contribution is -2.26. The SMILES string of the molecule is Cc1ccc(CNC(=O)Cn2cc(-c3nnc(C)o3)c3ccccc32)cc1. The number of hydrogen-bond acceptors (Lipinski definition) is 4. The number of para-hydroxylation sites is 1. The molecule has 4 aromatic rings. The van der Waals surface area contributed by atoms with Crippen LogP contribution in [0.3, 0.4) is 0 Å². The van der Waals surface area contributed by atoms with Crippen LogP contribution in [0.2, 0.25) is 0 Å². The number of fused-ring (bicyclic) bond motifs is 1. The monoisotopic (exact) mass is 360 g/mol. The molecule has 0 radical (unpaired) electrons. The molecule has 2 heterocycles. The van der Waals surface area contributed by atoms with E-state index in [1.165, 1.54) is 5.56 Å². The molecule has 6 heteroatoms. The van der Waals surface area contributed by atoms with E-state index in [1.807, 2.05) is 66.2 Å². The van der Waals surface area contributed by atoms with Gasteiger partial charge in [-0.3, -0.25) is 4.79 Å². The summed E-state index contributed by atoms with van der Waals surface area (Å²) in [7, 11) is 0. The fourth-order valence-electron chi connectivity index (χ4n) is 3.07. The minimum absolute atomic E-state index is 0.0513. The van der Waals surface area contributed by atoms with Crippen LogP contribution in [0.4, 0.5) is 0 Å². The Hall–Kier alpha value is -3.41. The van der Waals surface area contributed by atoms with Gasteiger partial charge in [0.15, 0.2) is 0 Å². The van der Waals surface area contributed by atoms with Gasteiger partial charge in [0.25, 0.3) is 0 Å². The highest BCUT2D eigenvalue weighted by Gasteiger charge is 2.16. The van der Waals surface area contributed by atoms with Crippen molar-refractivity contribution in [3.05, 3.63) is 71.7 Å². The van der Waals surface area contributed by atoms with Gasteiger partial charge < -0.3 is 14.3 Å². The van der Waals surface area contributed by atoms with E-state index >= 15 is 0 Å². The van der Waals surface area contributed by atoms with E-state index in [4.69, 9.17) is 4.42 Å². The maximum Gasteiger partial charge on any atom is 0.249 e. The summed E-state index contributed by atoms with van der Waals surface area (Å²) in [4.78, 5) is 12.5. The summed E-state index contributed by atoms with van der Waals surface area (Å²) in [5, 5.41) is 12.0. The Balaban J connectivity index is 1.55. The van der Waals surface area contributed by atoms with Gasteiger partial charge in [0.2, 0.25) is 17.7 Å². The van der Waals surface area contributed by atoms with Crippen LogP contribution in [0.5, 0.6) is 0 Å². The Kier molecular flexibility index (Phi) is 4.46. The molecular formula is C21H20N4O2. The van der Waals surface area contributed by atoms with Crippen molar-refractivity contribution in [1.29, 1.82) is 0 Å². The molecule has 0 bridgehead atoms. The molecule has 1 N–H and O–H groups in total. The van der Waals surface area contributed by atoms with Crippen molar-refractivity contribution in [2.75, 3.05) is 0 Å². The molecule has 4 rings (SSSR count). The van der Waals surface area contributed by atoms with E-state index < -0.39 is 0 Å². The lowest BCUT2D eigenvalue weighted by Gasteiger charge is -2.08. The summed E-state index contributed by atoms with van der Waals surface area (Å²) in [6.07, 6.45) is 1.89. The number of nitrogens with zero attached hydrogens (tertiary/aromatic N) is 3. The highest BCUT2D eigenvalue weighted by Crippen LogP contribution is 2.29. The van der Waals surface area contributed by atoms with Gasteiger partial charge in [-0.2, -0.15) is 0 Å². The van der Waals surface area contributed by atoms with Gasteiger partial charge in [-0.15, -0.1) is 10.2 Å². The Morgan fingerprint density at radius 3 is 2.59 bits per heavy atom. The second kappa shape index (κ2) is 7.07. The smallest absolute Gasteiger partial charge is 0.249 e. The molecule has 0 spiro atoms. The first-order valence-corrected chi connectivity index (χ1v) is 8.81. The van der Waals surface area contributed by atoms with Gasteiger partial charge in [0.1, 0.15) is 6.54 Å². The number of amides is 1. The molecule has 2 aromatic carbocycles.